The summed E-state index contributed by atoms with van der Waals surface area (Å²) in [4.78, 5) is 12.2. The molecule has 118 valence electrons. The molecule has 1 amide bonds. The first-order valence-corrected chi connectivity index (χ1v) is 6.87. The van der Waals surface area contributed by atoms with E-state index in [1.54, 1.807) is 26.3 Å². The standard InChI is InChI=1S/C15H15N5O3/c1-9-7-12(20(2)19-9)13(21)16-15-18-17-14(23-15)10-5-4-6-11(8-10)22-3/h4-8H,1-3H3,(H,16,18,21). The molecule has 1 aromatic carbocycles. The molecule has 23 heavy (non-hydrogen) atoms. The van der Waals surface area contributed by atoms with Crippen molar-refractivity contribution in [3.63, 3.8) is 0 Å². The molecule has 0 saturated carbocycles. The molecule has 2 heterocycles. The van der Waals surface area contributed by atoms with Crippen LogP contribution in [0.5, 0.6) is 5.75 Å². The van der Waals surface area contributed by atoms with Crippen LogP contribution >= 0.6 is 0 Å². The summed E-state index contributed by atoms with van der Waals surface area (Å²) in [5, 5.41) is 14.4. The lowest BCUT2D eigenvalue weighted by Gasteiger charge is -2.01. The Balaban J connectivity index is 1.79. The van der Waals surface area contributed by atoms with Gasteiger partial charge in [-0.25, -0.2) is 0 Å². The van der Waals surface area contributed by atoms with Gasteiger partial charge in [-0.15, -0.1) is 5.10 Å². The van der Waals surface area contributed by atoms with Crippen LogP contribution in [0.4, 0.5) is 6.01 Å². The SMILES string of the molecule is COc1cccc(-c2nnc(NC(=O)c3cc(C)nn3C)o2)c1. The number of amides is 1. The lowest BCUT2D eigenvalue weighted by atomic mass is 10.2. The monoisotopic (exact) mass is 313 g/mol. The number of rotatable bonds is 4. The zero-order chi connectivity index (χ0) is 16.4. The first kappa shape index (κ1) is 14.8. The molecule has 0 atom stereocenters. The lowest BCUT2D eigenvalue weighted by molar-refractivity contribution is 0.101. The number of hydrogen-bond donors (Lipinski definition) is 1. The highest BCUT2D eigenvalue weighted by Gasteiger charge is 2.16. The summed E-state index contributed by atoms with van der Waals surface area (Å²) in [7, 11) is 3.27. The van der Waals surface area contributed by atoms with E-state index >= 15 is 0 Å². The van der Waals surface area contributed by atoms with E-state index in [4.69, 9.17) is 9.15 Å². The Hall–Kier alpha value is -3.16. The van der Waals surface area contributed by atoms with Crippen molar-refractivity contribution in [1.82, 2.24) is 20.0 Å². The Morgan fingerprint density at radius 1 is 1.30 bits per heavy atom. The smallest absolute Gasteiger partial charge is 0.322 e. The molecule has 8 nitrogen and oxygen atoms in total. The quantitative estimate of drug-likeness (QED) is 0.792. The van der Waals surface area contributed by atoms with Crippen LogP contribution in [0.15, 0.2) is 34.7 Å². The van der Waals surface area contributed by atoms with Gasteiger partial charge in [0.05, 0.1) is 12.8 Å². The molecule has 0 aliphatic rings. The fourth-order valence-corrected chi connectivity index (χ4v) is 2.13. The van der Waals surface area contributed by atoms with E-state index in [0.29, 0.717) is 22.9 Å². The highest BCUT2D eigenvalue weighted by molar-refractivity contribution is 6.01. The van der Waals surface area contributed by atoms with Gasteiger partial charge in [-0.05, 0) is 31.2 Å². The van der Waals surface area contributed by atoms with Crippen molar-refractivity contribution in [2.24, 2.45) is 7.05 Å². The number of ether oxygens (including phenoxy) is 1. The van der Waals surface area contributed by atoms with Gasteiger partial charge in [-0.1, -0.05) is 11.2 Å². The van der Waals surface area contributed by atoms with E-state index in [-0.39, 0.29) is 11.9 Å². The van der Waals surface area contributed by atoms with Crippen LogP contribution in [-0.4, -0.2) is 33.0 Å². The summed E-state index contributed by atoms with van der Waals surface area (Å²) in [5.41, 5.74) is 1.86. The van der Waals surface area contributed by atoms with Crippen LogP contribution in [0.2, 0.25) is 0 Å². The summed E-state index contributed by atoms with van der Waals surface area (Å²) in [5.74, 6) is 0.603. The van der Waals surface area contributed by atoms with E-state index in [2.05, 4.69) is 20.6 Å². The second kappa shape index (κ2) is 5.91. The minimum Gasteiger partial charge on any atom is -0.497 e. The molecule has 0 radical (unpaired) electrons. The molecule has 0 bridgehead atoms. The maximum Gasteiger partial charge on any atom is 0.322 e. The van der Waals surface area contributed by atoms with E-state index in [9.17, 15) is 4.79 Å². The average molecular weight is 313 g/mol. The van der Waals surface area contributed by atoms with Crippen molar-refractivity contribution in [3.8, 4) is 17.2 Å². The van der Waals surface area contributed by atoms with Crippen LogP contribution in [0.1, 0.15) is 16.2 Å². The van der Waals surface area contributed by atoms with E-state index in [1.807, 2.05) is 25.1 Å². The molecule has 0 spiro atoms. The minimum absolute atomic E-state index is 0.0201. The number of nitrogens with zero attached hydrogens (tertiary/aromatic N) is 4. The third kappa shape index (κ3) is 3.05. The van der Waals surface area contributed by atoms with Gasteiger partial charge in [0.2, 0.25) is 5.89 Å². The molecule has 0 aliphatic heterocycles. The fourth-order valence-electron chi connectivity index (χ4n) is 2.13. The van der Waals surface area contributed by atoms with E-state index < -0.39 is 0 Å². The van der Waals surface area contributed by atoms with Gasteiger partial charge >= 0.3 is 6.01 Å². The van der Waals surface area contributed by atoms with Crippen molar-refractivity contribution >= 4 is 11.9 Å². The first-order valence-electron chi connectivity index (χ1n) is 6.87. The number of benzene rings is 1. The van der Waals surface area contributed by atoms with Gasteiger partial charge in [0.1, 0.15) is 11.4 Å². The first-order chi connectivity index (χ1) is 11.1. The normalized spacial score (nSPS) is 10.6. The second-order valence-corrected chi connectivity index (χ2v) is 4.89. The molecule has 2 aromatic heterocycles. The Morgan fingerprint density at radius 2 is 2.13 bits per heavy atom. The third-order valence-electron chi connectivity index (χ3n) is 3.20. The van der Waals surface area contributed by atoms with E-state index in [0.717, 1.165) is 5.69 Å². The largest absolute Gasteiger partial charge is 0.497 e. The zero-order valence-electron chi connectivity index (χ0n) is 12.9. The molecule has 0 unspecified atom stereocenters. The number of carbonyl (C=O) groups is 1. The highest BCUT2D eigenvalue weighted by atomic mass is 16.5. The van der Waals surface area contributed by atoms with Gasteiger partial charge in [0.15, 0.2) is 0 Å². The highest BCUT2D eigenvalue weighted by Crippen LogP contribution is 2.23. The molecule has 3 aromatic rings. The molecule has 3 rings (SSSR count). The van der Waals surface area contributed by atoms with E-state index in [1.165, 1.54) is 4.68 Å². The van der Waals surface area contributed by atoms with Crippen LogP contribution in [-0.2, 0) is 7.05 Å². The molecule has 8 heteroatoms. The Labute approximate surface area is 132 Å². The molecule has 0 aliphatic carbocycles. The number of hydrogen-bond acceptors (Lipinski definition) is 6. The van der Waals surface area contributed by atoms with Gasteiger partial charge in [0, 0.05) is 12.6 Å². The molecule has 1 N–H and O–H groups in total. The predicted molar refractivity (Wildman–Crippen MR) is 82.2 cm³/mol. The van der Waals surface area contributed by atoms with Gasteiger partial charge in [-0.3, -0.25) is 14.8 Å². The topological polar surface area (TPSA) is 95.1 Å². The Bertz CT molecular complexity index is 852. The zero-order valence-corrected chi connectivity index (χ0v) is 12.9. The molecule has 0 saturated heterocycles. The fraction of sp³-hybridized carbons (Fsp3) is 0.200. The number of nitrogens with one attached hydrogen (secondary N) is 1. The molecule has 0 fully saturated rings. The van der Waals surface area contributed by atoms with Crippen molar-refractivity contribution in [3.05, 3.63) is 41.7 Å². The van der Waals surface area contributed by atoms with Crippen LogP contribution in [0.3, 0.4) is 0 Å². The summed E-state index contributed by atoms with van der Waals surface area (Å²) < 4.78 is 12.1. The number of aromatic nitrogens is 4. The summed E-state index contributed by atoms with van der Waals surface area (Å²) >= 11 is 0. The Kier molecular flexibility index (Phi) is 3.80. The number of methoxy groups -OCH3 is 1. The summed E-state index contributed by atoms with van der Waals surface area (Å²) in [6, 6.07) is 8.90. The summed E-state index contributed by atoms with van der Waals surface area (Å²) in [6.45, 7) is 1.81. The van der Waals surface area contributed by atoms with Crippen molar-refractivity contribution in [2.75, 3.05) is 12.4 Å². The summed E-state index contributed by atoms with van der Waals surface area (Å²) in [6.07, 6.45) is 0. The maximum absolute atomic E-state index is 12.2. The Morgan fingerprint density at radius 3 is 2.83 bits per heavy atom. The van der Waals surface area contributed by atoms with Crippen molar-refractivity contribution in [2.45, 2.75) is 6.92 Å². The molecular weight excluding hydrogens is 298 g/mol. The van der Waals surface area contributed by atoms with Crippen LogP contribution < -0.4 is 10.1 Å². The predicted octanol–water partition coefficient (Wildman–Crippen LogP) is 2.04. The second-order valence-electron chi connectivity index (χ2n) is 4.89. The van der Waals surface area contributed by atoms with Gasteiger partial charge in [0.25, 0.3) is 5.91 Å². The number of aryl methyl sites for hydroxylation is 2. The van der Waals surface area contributed by atoms with Crippen molar-refractivity contribution < 1.29 is 13.9 Å². The van der Waals surface area contributed by atoms with Crippen LogP contribution in [0, 0.1) is 6.92 Å². The lowest BCUT2D eigenvalue weighted by Crippen LogP contribution is -2.16. The van der Waals surface area contributed by atoms with Crippen LogP contribution in [0.25, 0.3) is 11.5 Å². The average Bonchev–Trinajstić information content (AvgIpc) is 3.13. The van der Waals surface area contributed by atoms with Gasteiger partial charge in [-0.2, -0.15) is 5.10 Å². The maximum atomic E-state index is 12.2. The number of carbonyl (C=O) groups excluding carboxylic acids is 1. The third-order valence-corrected chi connectivity index (χ3v) is 3.20. The van der Waals surface area contributed by atoms with Crippen molar-refractivity contribution in [1.29, 1.82) is 0 Å². The molecular formula is C15H15N5O3. The minimum atomic E-state index is -0.367. The number of anilines is 1. The van der Waals surface area contributed by atoms with Gasteiger partial charge < -0.3 is 9.15 Å².